The lowest BCUT2D eigenvalue weighted by atomic mass is 10.1. The highest BCUT2D eigenvalue weighted by atomic mass is 16.2. The number of benzene rings is 1. The first-order valence-corrected chi connectivity index (χ1v) is 6.64. The SMILES string of the molecule is CC(=O)Nc1ccc(C(=O)NC(C)c2cccnc2)cc1. The van der Waals surface area contributed by atoms with Crippen molar-refractivity contribution in [2.24, 2.45) is 0 Å². The van der Waals surface area contributed by atoms with Gasteiger partial charge in [-0.1, -0.05) is 6.07 Å². The van der Waals surface area contributed by atoms with E-state index >= 15 is 0 Å². The molecule has 1 heterocycles. The molecule has 0 saturated carbocycles. The molecule has 5 nitrogen and oxygen atoms in total. The predicted octanol–water partition coefficient (Wildman–Crippen LogP) is 2.53. The van der Waals surface area contributed by atoms with E-state index in [1.807, 2.05) is 19.1 Å². The molecule has 1 unspecified atom stereocenters. The minimum absolute atomic E-state index is 0.124. The number of nitrogens with zero attached hydrogens (tertiary/aromatic N) is 1. The summed E-state index contributed by atoms with van der Waals surface area (Å²) in [7, 11) is 0. The van der Waals surface area contributed by atoms with E-state index in [4.69, 9.17) is 0 Å². The molecule has 2 N–H and O–H groups in total. The summed E-state index contributed by atoms with van der Waals surface area (Å²) in [5.74, 6) is -0.307. The van der Waals surface area contributed by atoms with Gasteiger partial charge in [0.25, 0.3) is 5.91 Å². The van der Waals surface area contributed by atoms with Gasteiger partial charge in [0.15, 0.2) is 0 Å². The van der Waals surface area contributed by atoms with Gasteiger partial charge in [0.05, 0.1) is 6.04 Å². The van der Waals surface area contributed by atoms with Crippen molar-refractivity contribution in [1.29, 1.82) is 0 Å². The Balaban J connectivity index is 2.01. The number of rotatable bonds is 4. The van der Waals surface area contributed by atoms with Crippen LogP contribution in [0, 0.1) is 0 Å². The van der Waals surface area contributed by atoms with E-state index in [0.29, 0.717) is 11.3 Å². The highest BCUT2D eigenvalue weighted by Gasteiger charge is 2.11. The second-order valence-electron chi connectivity index (χ2n) is 4.74. The van der Waals surface area contributed by atoms with Crippen molar-refractivity contribution in [1.82, 2.24) is 10.3 Å². The summed E-state index contributed by atoms with van der Waals surface area (Å²) < 4.78 is 0. The maximum absolute atomic E-state index is 12.1. The fraction of sp³-hybridized carbons (Fsp3) is 0.188. The summed E-state index contributed by atoms with van der Waals surface area (Å²) in [6, 6.07) is 10.4. The first kappa shape index (κ1) is 14.7. The normalized spacial score (nSPS) is 11.5. The Morgan fingerprint density at radius 1 is 1.14 bits per heavy atom. The molecule has 0 fully saturated rings. The second-order valence-corrected chi connectivity index (χ2v) is 4.74. The second kappa shape index (κ2) is 6.65. The third-order valence-electron chi connectivity index (χ3n) is 3.00. The van der Waals surface area contributed by atoms with Crippen LogP contribution >= 0.6 is 0 Å². The first-order chi connectivity index (χ1) is 10.1. The monoisotopic (exact) mass is 283 g/mol. The Morgan fingerprint density at radius 2 is 1.86 bits per heavy atom. The summed E-state index contributed by atoms with van der Waals surface area (Å²) in [6.45, 7) is 3.34. The Morgan fingerprint density at radius 3 is 2.43 bits per heavy atom. The molecule has 0 aliphatic heterocycles. The summed E-state index contributed by atoms with van der Waals surface area (Å²) in [5.41, 5.74) is 2.15. The maximum Gasteiger partial charge on any atom is 0.251 e. The van der Waals surface area contributed by atoms with E-state index in [9.17, 15) is 9.59 Å². The Hall–Kier alpha value is -2.69. The van der Waals surface area contributed by atoms with E-state index < -0.39 is 0 Å². The average molecular weight is 283 g/mol. The number of carbonyl (C=O) groups is 2. The summed E-state index contributed by atoms with van der Waals surface area (Å²) in [5, 5.41) is 5.57. The standard InChI is InChI=1S/C16H17N3O2/c1-11(14-4-3-9-17-10-14)18-16(21)13-5-7-15(8-6-13)19-12(2)20/h3-11H,1-2H3,(H,18,21)(H,19,20). The van der Waals surface area contributed by atoms with Crippen LogP contribution in [-0.2, 0) is 4.79 Å². The van der Waals surface area contributed by atoms with Crippen LogP contribution in [0.5, 0.6) is 0 Å². The zero-order valence-electron chi connectivity index (χ0n) is 12.0. The molecule has 1 aromatic carbocycles. The molecule has 0 bridgehead atoms. The molecule has 1 atom stereocenters. The van der Waals surface area contributed by atoms with Crippen LogP contribution in [0.4, 0.5) is 5.69 Å². The van der Waals surface area contributed by atoms with E-state index in [-0.39, 0.29) is 17.9 Å². The maximum atomic E-state index is 12.1. The lowest BCUT2D eigenvalue weighted by Gasteiger charge is -2.14. The van der Waals surface area contributed by atoms with Crippen LogP contribution < -0.4 is 10.6 Å². The van der Waals surface area contributed by atoms with Crippen LogP contribution in [0.2, 0.25) is 0 Å². The molecule has 108 valence electrons. The minimum Gasteiger partial charge on any atom is -0.345 e. The number of nitrogens with one attached hydrogen (secondary N) is 2. The number of anilines is 1. The zero-order chi connectivity index (χ0) is 15.2. The molecule has 21 heavy (non-hydrogen) atoms. The lowest BCUT2D eigenvalue weighted by molar-refractivity contribution is -0.114. The average Bonchev–Trinajstić information content (AvgIpc) is 2.48. The van der Waals surface area contributed by atoms with Gasteiger partial charge in [-0.15, -0.1) is 0 Å². The highest BCUT2D eigenvalue weighted by Crippen LogP contribution is 2.13. The van der Waals surface area contributed by atoms with Gasteiger partial charge < -0.3 is 10.6 Å². The van der Waals surface area contributed by atoms with Gasteiger partial charge in [0, 0.05) is 30.6 Å². The predicted molar refractivity (Wildman–Crippen MR) is 80.9 cm³/mol. The van der Waals surface area contributed by atoms with Crippen molar-refractivity contribution in [2.75, 3.05) is 5.32 Å². The molecule has 2 aromatic rings. The molecular weight excluding hydrogens is 266 g/mol. The van der Waals surface area contributed by atoms with E-state index in [1.54, 1.807) is 36.7 Å². The van der Waals surface area contributed by atoms with E-state index in [0.717, 1.165) is 5.56 Å². The number of amides is 2. The molecule has 1 aromatic heterocycles. The first-order valence-electron chi connectivity index (χ1n) is 6.64. The molecule has 2 amide bonds. The van der Waals surface area contributed by atoms with Crippen LogP contribution in [0.3, 0.4) is 0 Å². The fourth-order valence-corrected chi connectivity index (χ4v) is 1.90. The van der Waals surface area contributed by atoms with Gasteiger partial charge in [-0.3, -0.25) is 14.6 Å². The number of pyridine rings is 1. The number of carbonyl (C=O) groups excluding carboxylic acids is 2. The van der Waals surface area contributed by atoms with Gasteiger partial charge in [0.2, 0.25) is 5.91 Å². The summed E-state index contributed by atoms with van der Waals surface area (Å²) in [6.07, 6.45) is 3.42. The Labute approximate surface area is 123 Å². The molecule has 2 rings (SSSR count). The number of hydrogen-bond donors (Lipinski definition) is 2. The molecule has 0 saturated heterocycles. The van der Waals surface area contributed by atoms with Crippen molar-refractivity contribution < 1.29 is 9.59 Å². The molecule has 0 aliphatic rings. The van der Waals surface area contributed by atoms with Gasteiger partial charge in [-0.25, -0.2) is 0 Å². The third-order valence-corrected chi connectivity index (χ3v) is 3.00. The van der Waals surface area contributed by atoms with Crippen LogP contribution in [-0.4, -0.2) is 16.8 Å². The van der Waals surface area contributed by atoms with Gasteiger partial charge >= 0.3 is 0 Å². The topological polar surface area (TPSA) is 71.1 Å². The van der Waals surface area contributed by atoms with Crippen molar-refractivity contribution in [3.8, 4) is 0 Å². The zero-order valence-corrected chi connectivity index (χ0v) is 12.0. The van der Waals surface area contributed by atoms with E-state index in [1.165, 1.54) is 6.92 Å². The molecule has 5 heteroatoms. The highest BCUT2D eigenvalue weighted by molar-refractivity contribution is 5.95. The smallest absolute Gasteiger partial charge is 0.251 e. The van der Waals surface area contributed by atoms with Gasteiger partial charge in [0.1, 0.15) is 0 Å². The Kier molecular flexibility index (Phi) is 4.66. The molecule has 0 aliphatic carbocycles. The van der Waals surface area contributed by atoms with Crippen molar-refractivity contribution >= 4 is 17.5 Å². The third kappa shape index (κ3) is 4.14. The summed E-state index contributed by atoms with van der Waals surface area (Å²) in [4.78, 5) is 27.1. The van der Waals surface area contributed by atoms with Crippen LogP contribution in [0.1, 0.15) is 35.8 Å². The van der Waals surface area contributed by atoms with Gasteiger partial charge in [-0.2, -0.15) is 0 Å². The number of hydrogen-bond acceptors (Lipinski definition) is 3. The van der Waals surface area contributed by atoms with Crippen LogP contribution in [0.15, 0.2) is 48.8 Å². The fourth-order valence-electron chi connectivity index (χ4n) is 1.90. The van der Waals surface area contributed by atoms with Gasteiger partial charge in [-0.05, 0) is 42.8 Å². The molecule has 0 spiro atoms. The quantitative estimate of drug-likeness (QED) is 0.905. The Bertz CT molecular complexity index is 624. The van der Waals surface area contributed by atoms with Crippen LogP contribution in [0.25, 0.3) is 0 Å². The lowest BCUT2D eigenvalue weighted by Crippen LogP contribution is -2.26. The molecular formula is C16H17N3O2. The van der Waals surface area contributed by atoms with E-state index in [2.05, 4.69) is 15.6 Å². The number of aromatic nitrogens is 1. The van der Waals surface area contributed by atoms with Crippen molar-refractivity contribution in [2.45, 2.75) is 19.9 Å². The minimum atomic E-state index is -0.166. The van der Waals surface area contributed by atoms with Crippen molar-refractivity contribution in [3.63, 3.8) is 0 Å². The molecule has 0 radical (unpaired) electrons. The van der Waals surface area contributed by atoms with Crippen molar-refractivity contribution in [3.05, 3.63) is 59.9 Å². The summed E-state index contributed by atoms with van der Waals surface area (Å²) >= 11 is 0. The largest absolute Gasteiger partial charge is 0.345 e.